The molecule has 1 fully saturated rings. The Kier molecular flexibility index (Phi) is 6.05. The number of benzene rings is 2. The number of aromatic nitrogens is 5. The number of hydrogen-bond acceptors (Lipinski definition) is 8. The molecule has 2 aromatic heterocycles. The van der Waals surface area contributed by atoms with Gasteiger partial charge in [0.05, 0.1) is 24.7 Å². The SMILES string of the molecule is Cc1ccc(-c2noc(CSc3nnc(N4CCOCC4)n3-c3cccc(F)c3)n2)cc1F. The van der Waals surface area contributed by atoms with Crippen molar-refractivity contribution in [2.45, 2.75) is 17.8 Å². The molecule has 0 radical (unpaired) electrons. The van der Waals surface area contributed by atoms with Gasteiger partial charge in [0.1, 0.15) is 11.6 Å². The average Bonchev–Trinajstić information content (AvgIpc) is 3.47. The number of hydrogen-bond donors (Lipinski definition) is 0. The number of anilines is 1. The van der Waals surface area contributed by atoms with Crippen LogP contribution in [0.4, 0.5) is 14.7 Å². The second-order valence-electron chi connectivity index (χ2n) is 7.46. The van der Waals surface area contributed by atoms with E-state index in [4.69, 9.17) is 9.26 Å². The fourth-order valence-corrected chi connectivity index (χ4v) is 4.24. The highest BCUT2D eigenvalue weighted by Gasteiger charge is 2.23. The van der Waals surface area contributed by atoms with Gasteiger partial charge >= 0.3 is 0 Å². The molecule has 1 aliphatic rings. The van der Waals surface area contributed by atoms with Crippen LogP contribution in [0, 0.1) is 18.6 Å². The topological polar surface area (TPSA) is 82.1 Å². The Morgan fingerprint density at radius 1 is 1.06 bits per heavy atom. The van der Waals surface area contributed by atoms with Crippen LogP contribution >= 0.6 is 11.8 Å². The van der Waals surface area contributed by atoms with E-state index in [9.17, 15) is 8.78 Å². The third kappa shape index (κ3) is 4.60. The van der Waals surface area contributed by atoms with Crippen molar-refractivity contribution in [2.24, 2.45) is 0 Å². The zero-order valence-corrected chi connectivity index (χ0v) is 18.6. The first-order valence-electron chi connectivity index (χ1n) is 10.3. The van der Waals surface area contributed by atoms with Crippen LogP contribution in [0.3, 0.4) is 0 Å². The van der Waals surface area contributed by atoms with Crippen molar-refractivity contribution in [3.63, 3.8) is 0 Å². The van der Waals surface area contributed by atoms with Crippen molar-refractivity contribution in [2.75, 3.05) is 31.2 Å². The van der Waals surface area contributed by atoms with Gasteiger partial charge in [-0.3, -0.25) is 4.57 Å². The van der Waals surface area contributed by atoms with Crippen molar-refractivity contribution < 1.29 is 18.0 Å². The highest BCUT2D eigenvalue weighted by atomic mass is 32.2. The molecule has 0 bridgehead atoms. The predicted octanol–water partition coefficient (Wildman–Crippen LogP) is 4.03. The molecule has 5 rings (SSSR count). The van der Waals surface area contributed by atoms with Crippen LogP contribution in [0.5, 0.6) is 0 Å². The summed E-state index contributed by atoms with van der Waals surface area (Å²) in [6.07, 6.45) is 0. The quantitative estimate of drug-likeness (QED) is 0.391. The Morgan fingerprint density at radius 3 is 2.70 bits per heavy atom. The van der Waals surface area contributed by atoms with Gasteiger partial charge in [-0.2, -0.15) is 4.98 Å². The Hall–Kier alpha value is -3.31. The van der Waals surface area contributed by atoms with E-state index in [-0.39, 0.29) is 11.6 Å². The fraction of sp³-hybridized carbons (Fsp3) is 0.273. The number of thioether (sulfide) groups is 1. The molecule has 33 heavy (non-hydrogen) atoms. The van der Waals surface area contributed by atoms with Gasteiger partial charge in [0.25, 0.3) is 0 Å². The second kappa shape index (κ2) is 9.28. The van der Waals surface area contributed by atoms with Gasteiger partial charge < -0.3 is 14.2 Å². The maximum absolute atomic E-state index is 14.0. The molecule has 170 valence electrons. The molecule has 1 aliphatic heterocycles. The molecule has 8 nitrogen and oxygen atoms in total. The number of halogens is 2. The van der Waals surface area contributed by atoms with E-state index in [1.165, 1.54) is 30.0 Å². The summed E-state index contributed by atoms with van der Waals surface area (Å²) in [4.78, 5) is 6.43. The van der Waals surface area contributed by atoms with Gasteiger partial charge in [-0.15, -0.1) is 10.2 Å². The molecule has 0 spiro atoms. The number of morpholine rings is 1. The Morgan fingerprint density at radius 2 is 1.91 bits per heavy atom. The van der Waals surface area contributed by atoms with Crippen molar-refractivity contribution in [1.82, 2.24) is 24.9 Å². The van der Waals surface area contributed by atoms with E-state index in [0.29, 0.717) is 71.7 Å². The zero-order chi connectivity index (χ0) is 22.8. The third-order valence-electron chi connectivity index (χ3n) is 5.20. The molecule has 2 aromatic carbocycles. The average molecular weight is 471 g/mol. The second-order valence-corrected chi connectivity index (χ2v) is 8.40. The fourth-order valence-electron chi connectivity index (χ4n) is 3.45. The molecule has 1 saturated heterocycles. The molecule has 0 aliphatic carbocycles. The number of aryl methyl sites for hydroxylation is 1. The van der Waals surface area contributed by atoms with Gasteiger partial charge in [-0.1, -0.05) is 35.1 Å². The van der Waals surface area contributed by atoms with Crippen molar-refractivity contribution in [1.29, 1.82) is 0 Å². The van der Waals surface area contributed by atoms with E-state index in [1.807, 2.05) is 4.57 Å². The summed E-state index contributed by atoms with van der Waals surface area (Å²) in [7, 11) is 0. The number of rotatable bonds is 6. The largest absolute Gasteiger partial charge is 0.378 e. The standard InChI is InChI=1S/C22H20F2N6O2S/c1-14-5-6-15(11-18(14)24)20-25-19(32-28-20)13-33-22-27-26-21(29-7-9-31-10-8-29)30(22)17-4-2-3-16(23)12-17/h2-6,11-12H,7-10,13H2,1H3. The first kappa shape index (κ1) is 21.5. The molecule has 11 heteroatoms. The van der Waals surface area contributed by atoms with Gasteiger partial charge in [0, 0.05) is 18.7 Å². The maximum atomic E-state index is 14.0. The van der Waals surface area contributed by atoms with Crippen molar-refractivity contribution in [3.05, 3.63) is 65.6 Å². The summed E-state index contributed by atoms with van der Waals surface area (Å²) in [5.74, 6) is 0.928. The lowest BCUT2D eigenvalue weighted by molar-refractivity contribution is 0.122. The van der Waals surface area contributed by atoms with Crippen LogP contribution in [0.1, 0.15) is 11.5 Å². The van der Waals surface area contributed by atoms with Crippen LogP contribution in [-0.2, 0) is 10.5 Å². The van der Waals surface area contributed by atoms with Crippen LogP contribution in [0.25, 0.3) is 17.1 Å². The van der Waals surface area contributed by atoms with Crippen molar-refractivity contribution >= 4 is 17.7 Å². The molecular weight excluding hydrogens is 450 g/mol. The predicted molar refractivity (Wildman–Crippen MR) is 118 cm³/mol. The molecular formula is C22H20F2N6O2S. The lowest BCUT2D eigenvalue weighted by atomic mass is 10.1. The summed E-state index contributed by atoms with van der Waals surface area (Å²) in [6.45, 7) is 4.19. The van der Waals surface area contributed by atoms with Crippen molar-refractivity contribution in [3.8, 4) is 17.1 Å². The summed E-state index contributed by atoms with van der Waals surface area (Å²) in [5.41, 5.74) is 1.70. The summed E-state index contributed by atoms with van der Waals surface area (Å²) < 4.78 is 40.5. The smallest absolute Gasteiger partial charge is 0.237 e. The van der Waals surface area contributed by atoms with Crippen LogP contribution in [0.2, 0.25) is 0 Å². The highest BCUT2D eigenvalue weighted by molar-refractivity contribution is 7.98. The van der Waals surface area contributed by atoms with Gasteiger partial charge in [-0.25, -0.2) is 8.78 Å². The molecule has 0 unspecified atom stereocenters. The lowest BCUT2D eigenvalue weighted by Crippen LogP contribution is -2.37. The van der Waals surface area contributed by atoms with E-state index in [0.717, 1.165) is 0 Å². The lowest BCUT2D eigenvalue weighted by Gasteiger charge is -2.27. The zero-order valence-electron chi connectivity index (χ0n) is 17.7. The normalized spacial score (nSPS) is 14.1. The van der Waals surface area contributed by atoms with Gasteiger partial charge in [0.2, 0.25) is 17.7 Å². The molecule has 0 saturated carbocycles. The van der Waals surface area contributed by atoms with E-state index in [2.05, 4.69) is 25.2 Å². The van der Waals surface area contributed by atoms with E-state index < -0.39 is 0 Å². The molecule has 3 heterocycles. The van der Waals surface area contributed by atoms with Crippen LogP contribution < -0.4 is 4.90 Å². The van der Waals surface area contributed by atoms with E-state index >= 15 is 0 Å². The Bertz CT molecular complexity index is 1270. The highest BCUT2D eigenvalue weighted by Crippen LogP contribution is 2.30. The Balaban J connectivity index is 1.40. The number of nitrogens with zero attached hydrogens (tertiary/aromatic N) is 6. The minimum absolute atomic E-state index is 0.310. The van der Waals surface area contributed by atoms with Gasteiger partial charge in [0.15, 0.2) is 5.16 Å². The maximum Gasteiger partial charge on any atom is 0.237 e. The molecule has 0 atom stereocenters. The first-order valence-corrected chi connectivity index (χ1v) is 11.3. The summed E-state index contributed by atoms with van der Waals surface area (Å²) in [6, 6.07) is 11.1. The van der Waals surface area contributed by atoms with Crippen LogP contribution in [-0.4, -0.2) is 51.2 Å². The Labute approximate surface area is 192 Å². The van der Waals surface area contributed by atoms with Gasteiger partial charge in [-0.05, 0) is 36.8 Å². The molecule has 4 aromatic rings. The molecule has 0 N–H and O–H groups in total. The first-order chi connectivity index (χ1) is 16.1. The molecule has 0 amide bonds. The summed E-state index contributed by atoms with van der Waals surface area (Å²) >= 11 is 1.34. The third-order valence-corrected chi connectivity index (χ3v) is 6.11. The number of ether oxygens (including phenoxy) is 1. The minimum Gasteiger partial charge on any atom is -0.378 e. The monoisotopic (exact) mass is 470 g/mol. The van der Waals surface area contributed by atoms with E-state index in [1.54, 1.807) is 31.2 Å². The minimum atomic E-state index is -0.350. The van der Waals surface area contributed by atoms with Crippen LogP contribution in [0.15, 0.2) is 52.1 Å². The summed E-state index contributed by atoms with van der Waals surface area (Å²) in [5, 5.41) is 13.2.